The molecule has 9 nitrogen and oxygen atoms in total. The lowest BCUT2D eigenvalue weighted by Crippen LogP contribution is -2.25. The van der Waals surface area contributed by atoms with Gasteiger partial charge in [-0.05, 0) is 25.7 Å². The molecule has 0 saturated carbocycles. The van der Waals surface area contributed by atoms with Crippen molar-refractivity contribution in [3.05, 3.63) is 6.20 Å². The summed E-state index contributed by atoms with van der Waals surface area (Å²) in [5.41, 5.74) is 11.6. The second-order valence-electron chi connectivity index (χ2n) is 6.18. The number of thioether (sulfide) groups is 2. The predicted octanol–water partition coefficient (Wildman–Crippen LogP) is 1.31. The molecule has 0 bridgehead atoms. The molecular weight excluding hydrogens is 400 g/mol. The smallest absolute Gasteiger partial charge is 0.231 e. The van der Waals surface area contributed by atoms with E-state index in [1.54, 1.807) is 10.9 Å². The quantitative estimate of drug-likeness (QED) is 0.199. The number of carbonyl (C=O) groups is 2. The van der Waals surface area contributed by atoms with Gasteiger partial charge in [0.15, 0.2) is 10.8 Å². The Morgan fingerprint density at radius 1 is 1.11 bits per heavy atom. The minimum absolute atomic E-state index is 0.115. The fraction of sp³-hybridized carbons (Fsp3) is 0.588. The first-order valence-corrected chi connectivity index (χ1v) is 10.9. The summed E-state index contributed by atoms with van der Waals surface area (Å²) in [6.45, 7) is 4.46. The Labute approximate surface area is 172 Å². The summed E-state index contributed by atoms with van der Waals surface area (Å²) in [5.74, 6) is -0.835. The molecule has 2 unspecified atom stereocenters. The molecule has 2 amide bonds. The Balaban J connectivity index is 2.45. The van der Waals surface area contributed by atoms with E-state index in [4.69, 9.17) is 16.6 Å². The number of aromatic nitrogens is 4. The highest BCUT2D eigenvalue weighted by atomic mass is 32.2. The summed E-state index contributed by atoms with van der Waals surface area (Å²) in [5, 5.41) is 14.3. The molecular formula is C17H26N6O3S2. The van der Waals surface area contributed by atoms with Crippen LogP contribution in [-0.2, 0) is 16.1 Å². The molecule has 0 saturated heterocycles. The van der Waals surface area contributed by atoms with Gasteiger partial charge in [-0.3, -0.25) is 9.59 Å². The number of fused-ring (bicyclic) bond motifs is 1. The van der Waals surface area contributed by atoms with Crippen LogP contribution in [0, 0.1) is 0 Å². The van der Waals surface area contributed by atoms with E-state index in [-0.39, 0.29) is 6.61 Å². The van der Waals surface area contributed by atoms with Crippen molar-refractivity contribution >= 4 is 46.4 Å². The molecule has 0 aromatic carbocycles. The molecule has 0 aliphatic heterocycles. The van der Waals surface area contributed by atoms with Gasteiger partial charge in [-0.15, -0.1) is 0 Å². The highest BCUT2D eigenvalue weighted by Gasteiger charge is 2.22. The number of hydrogen-bond donors (Lipinski definition) is 3. The molecule has 0 spiro atoms. The van der Waals surface area contributed by atoms with E-state index in [0.717, 1.165) is 11.8 Å². The van der Waals surface area contributed by atoms with E-state index in [0.29, 0.717) is 41.6 Å². The molecule has 2 rings (SSSR count). The molecule has 11 heteroatoms. The Morgan fingerprint density at radius 2 is 1.75 bits per heavy atom. The average molecular weight is 427 g/mol. The van der Waals surface area contributed by atoms with Gasteiger partial charge >= 0.3 is 0 Å². The summed E-state index contributed by atoms with van der Waals surface area (Å²) in [4.78, 5) is 32.5. The number of nitrogens with zero attached hydrogens (tertiary/aromatic N) is 4. The third-order valence-electron chi connectivity index (χ3n) is 4.10. The van der Waals surface area contributed by atoms with Gasteiger partial charge < -0.3 is 16.6 Å². The monoisotopic (exact) mass is 426 g/mol. The van der Waals surface area contributed by atoms with Crippen LogP contribution < -0.4 is 11.5 Å². The van der Waals surface area contributed by atoms with Gasteiger partial charge in [0.2, 0.25) is 11.8 Å². The number of aliphatic hydroxyl groups is 1. The number of amides is 2. The highest BCUT2D eigenvalue weighted by molar-refractivity contribution is 8.01. The van der Waals surface area contributed by atoms with Crippen LogP contribution in [0.25, 0.3) is 11.0 Å². The number of carbonyl (C=O) groups excluding carboxylic acids is 2. The summed E-state index contributed by atoms with van der Waals surface area (Å²) in [7, 11) is 0. The fourth-order valence-electron chi connectivity index (χ4n) is 2.54. The molecule has 154 valence electrons. The van der Waals surface area contributed by atoms with Crippen molar-refractivity contribution in [2.24, 2.45) is 11.5 Å². The molecule has 0 aliphatic rings. The summed E-state index contributed by atoms with van der Waals surface area (Å²) in [6, 6.07) is 0. The van der Waals surface area contributed by atoms with Gasteiger partial charge in [-0.2, -0.15) is 5.10 Å². The molecule has 2 aromatic heterocycles. The molecule has 28 heavy (non-hydrogen) atoms. The zero-order chi connectivity index (χ0) is 20.7. The average Bonchev–Trinajstić information content (AvgIpc) is 3.06. The van der Waals surface area contributed by atoms with Crippen LogP contribution in [0.2, 0.25) is 0 Å². The van der Waals surface area contributed by atoms with Crippen LogP contribution >= 0.6 is 23.5 Å². The van der Waals surface area contributed by atoms with Crippen LogP contribution in [0.5, 0.6) is 0 Å². The summed E-state index contributed by atoms with van der Waals surface area (Å²) >= 11 is 2.48. The second-order valence-corrected chi connectivity index (χ2v) is 8.54. The van der Waals surface area contributed by atoms with Gasteiger partial charge in [0.25, 0.3) is 0 Å². The number of aliphatic hydroxyl groups excluding tert-OH is 1. The van der Waals surface area contributed by atoms with Crippen molar-refractivity contribution in [2.75, 3.05) is 6.61 Å². The number of rotatable bonds is 12. The predicted molar refractivity (Wildman–Crippen MR) is 110 cm³/mol. The zero-order valence-electron chi connectivity index (χ0n) is 16.0. The minimum Gasteiger partial charge on any atom is -0.396 e. The van der Waals surface area contributed by atoms with Crippen LogP contribution in [0.15, 0.2) is 16.4 Å². The van der Waals surface area contributed by atoms with Crippen LogP contribution in [-0.4, -0.2) is 53.8 Å². The number of hydrogen-bond acceptors (Lipinski definition) is 8. The van der Waals surface area contributed by atoms with E-state index in [1.807, 2.05) is 13.8 Å². The molecule has 2 heterocycles. The van der Waals surface area contributed by atoms with Crippen molar-refractivity contribution < 1.29 is 14.7 Å². The Morgan fingerprint density at radius 3 is 2.32 bits per heavy atom. The maximum Gasteiger partial charge on any atom is 0.231 e. The SMILES string of the molecule is CCC(Sc1nc(SC(CC)C(N)=O)c2cnn(CCCCO)c2n1)C(N)=O. The van der Waals surface area contributed by atoms with E-state index >= 15 is 0 Å². The van der Waals surface area contributed by atoms with Crippen molar-refractivity contribution in [1.29, 1.82) is 0 Å². The van der Waals surface area contributed by atoms with Crippen molar-refractivity contribution in [2.45, 2.75) is 66.8 Å². The largest absolute Gasteiger partial charge is 0.396 e. The zero-order valence-corrected chi connectivity index (χ0v) is 17.6. The molecule has 0 aliphatic carbocycles. The topological polar surface area (TPSA) is 150 Å². The van der Waals surface area contributed by atoms with Crippen LogP contribution in [0.3, 0.4) is 0 Å². The normalized spacial score (nSPS) is 13.5. The highest BCUT2D eigenvalue weighted by Crippen LogP contribution is 2.33. The molecule has 2 atom stereocenters. The minimum atomic E-state index is -0.445. The molecule has 0 radical (unpaired) electrons. The van der Waals surface area contributed by atoms with Gasteiger partial charge in [-0.1, -0.05) is 37.4 Å². The number of primary amides is 2. The standard InChI is InChI=1S/C17H26N6O3S2/c1-3-11(13(18)25)27-16-10-9-20-23(7-5-6-8-24)15(10)21-17(22-16)28-12(4-2)14(19)26/h9,11-12,24H,3-8H2,1-2H3,(H2,18,25)(H2,19,26). The second kappa shape index (κ2) is 10.6. The number of aryl methyl sites for hydroxylation is 1. The fourth-order valence-corrected chi connectivity index (χ4v) is 4.38. The van der Waals surface area contributed by atoms with E-state index in [2.05, 4.69) is 15.1 Å². The summed E-state index contributed by atoms with van der Waals surface area (Å²) < 4.78 is 1.75. The van der Waals surface area contributed by atoms with Gasteiger partial charge in [0.1, 0.15) is 5.03 Å². The number of unbranched alkanes of at least 4 members (excludes halogenated alkanes) is 1. The van der Waals surface area contributed by atoms with Crippen LogP contribution in [0.1, 0.15) is 39.5 Å². The van der Waals surface area contributed by atoms with Gasteiger partial charge in [0, 0.05) is 13.2 Å². The van der Waals surface area contributed by atoms with Gasteiger partial charge in [-0.25, -0.2) is 14.6 Å². The van der Waals surface area contributed by atoms with E-state index in [1.165, 1.54) is 23.5 Å². The Kier molecular flexibility index (Phi) is 8.52. The maximum absolute atomic E-state index is 11.7. The Hall–Kier alpha value is -1.85. The van der Waals surface area contributed by atoms with Gasteiger partial charge in [0.05, 0.1) is 22.1 Å². The number of nitrogens with two attached hydrogens (primary N) is 2. The molecule has 0 fully saturated rings. The molecule has 2 aromatic rings. The molecule has 5 N–H and O–H groups in total. The lowest BCUT2D eigenvalue weighted by Gasteiger charge is -2.13. The van der Waals surface area contributed by atoms with E-state index in [9.17, 15) is 9.59 Å². The first-order valence-electron chi connectivity index (χ1n) is 9.17. The maximum atomic E-state index is 11.7. The van der Waals surface area contributed by atoms with E-state index < -0.39 is 22.3 Å². The summed E-state index contributed by atoms with van der Waals surface area (Å²) in [6.07, 6.45) is 4.20. The van der Waals surface area contributed by atoms with Crippen molar-refractivity contribution in [1.82, 2.24) is 19.7 Å². The lowest BCUT2D eigenvalue weighted by atomic mass is 10.3. The first-order chi connectivity index (χ1) is 13.4. The third kappa shape index (κ3) is 5.58. The first kappa shape index (κ1) is 22.4. The van der Waals surface area contributed by atoms with Crippen LogP contribution in [0.4, 0.5) is 0 Å². The lowest BCUT2D eigenvalue weighted by molar-refractivity contribution is -0.118. The van der Waals surface area contributed by atoms with Crippen molar-refractivity contribution in [3.8, 4) is 0 Å². The Bertz CT molecular complexity index is 829. The van der Waals surface area contributed by atoms with Crippen molar-refractivity contribution in [3.63, 3.8) is 0 Å². The third-order valence-corrected chi connectivity index (χ3v) is 6.72.